The van der Waals surface area contributed by atoms with Gasteiger partial charge in [0.2, 0.25) is 0 Å². The van der Waals surface area contributed by atoms with Gasteiger partial charge in [-0.2, -0.15) is 0 Å². The first kappa shape index (κ1) is 21.1. The molecule has 2 amide bonds. The first-order valence-corrected chi connectivity index (χ1v) is 10.7. The third-order valence-corrected chi connectivity index (χ3v) is 5.76. The number of hydrogen-bond donors (Lipinski definition) is 3. The predicted molar refractivity (Wildman–Crippen MR) is 115 cm³/mol. The van der Waals surface area contributed by atoms with Gasteiger partial charge in [-0.15, -0.1) is 11.3 Å². The Balaban J connectivity index is 1.84. The topological polar surface area (TPSA) is 79.5 Å². The lowest BCUT2D eigenvalue weighted by Gasteiger charge is -2.24. The first-order chi connectivity index (χ1) is 14.0. The van der Waals surface area contributed by atoms with E-state index in [-0.39, 0.29) is 25.2 Å². The summed E-state index contributed by atoms with van der Waals surface area (Å²) in [7, 11) is 0. The van der Waals surface area contributed by atoms with E-state index in [1.807, 2.05) is 11.4 Å². The van der Waals surface area contributed by atoms with Crippen molar-refractivity contribution < 1.29 is 14.3 Å². The van der Waals surface area contributed by atoms with E-state index in [1.54, 1.807) is 18.3 Å². The van der Waals surface area contributed by atoms with E-state index in [1.165, 1.54) is 10.4 Å². The summed E-state index contributed by atoms with van der Waals surface area (Å²) >= 11 is 1.67. The van der Waals surface area contributed by atoms with Crippen molar-refractivity contribution in [2.75, 3.05) is 19.7 Å². The van der Waals surface area contributed by atoms with Crippen molar-refractivity contribution in [2.45, 2.75) is 32.7 Å². The van der Waals surface area contributed by atoms with Crippen LogP contribution in [0.5, 0.6) is 0 Å². The molecule has 0 spiro atoms. The number of amides is 2. The van der Waals surface area contributed by atoms with Crippen LogP contribution in [0.3, 0.4) is 0 Å². The van der Waals surface area contributed by atoms with Crippen LogP contribution in [-0.2, 0) is 9.53 Å². The van der Waals surface area contributed by atoms with Gasteiger partial charge in [0.25, 0.3) is 0 Å². The standard InChI is InChI=1S/C22H27N3O3S/c1-4-28-21(26)17-12-24-22(27)25-18(17)13-23-20(19-6-5-11-29-19)16-9-7-15(8-10-16)14(2)3/h5-11,14,20,23H,4,12-13H2,1-3H3,(H2,24,25,27)/t20-/m1/s1. The molecule has 1 aliphatic rings. The highest BCUT2D eigenvalue weighted by atomic mass is 32.1. The second-order valence-electron chi connectivity index (χ2n) is 7.14. The molecule has 2 heterocycles. The highest BCUT2D eigenvalue weighted by molar-refractivity contribution is 7.10. The maximum absolute atomic E-state index is 12.3. The molecule has 7 heteroatoms. The maximum Gasteiger partial charge on any atom is 0.337 e. The van der Waals surface area contributed by atoms with Crippen molar-refractivity contribution in [1.82, 2.24) is 16.0 Å². The van der Waals surface area contributed by atoms with E-state index in [2.05, 4.69) is 60.1 Å². The minimum atomic E-state index is -0.411. The summed E-state index contributed by atoms with van der Waals surface area (Å²) in [5.74, 6) is 0.0604. The third-order valence-electron chi connectivity index (χ3n) is 4.82. The Morgan fingerprint density at radius 3 is 2.55 bits per heavy atom. The molecule has 2 aromatic rings. The molecule has 29 heavy (non-hydrogen) atoms. The Morgan fingerprint density at radius 1 is 1.21 bits per heavy atom. The minimum Gasteiger partial charge on any atom is -0.463 e. The van der Waals surface area contributed by atoms with Gasteiger partial charge >= 0.3 is 12.0 Å². The SMILES string of the molecule is CCOC(=O)C1=C(CN[C@H](c2ccc(C(C)C)cc2)c2cccs2)NC(=O)NC1. The smallest absolute Gasteiger partial charge is 0.337 e. The molecule has 154 valence electrons. The molecule has 0 unspecified atom stereocenters. The van der Waals surface area contributed by atoms with Crippen LogP contribution < -0.4 is 16.0 Å². The molecular weight excluding hydrogens is 386 g/mol. The number of carbonyl (C=O) groups is 2. The van der Waals surface area contributed by atoms with Gasteiger partial charge in [-0.3, -0.25) is 5.32 Å². The second-order valence-corrected chi connectivity index (χ2v) is 8.12. The van der Waals surface area contributed by atoms with Crippen molar-refractivity contribution in [3.8, 4) is 0 Å². The number of ether oxygens (including phenoxy) is 1. The van der Waals surface area contributed by atoms with E-state index < -0.39 is 5.97 Å². The van der Waals surface area contributed by atoms with Gasteiger partial charge in [-0.1, -0.05) is 44.2 Å². The van der Waals surface area contributed by atoms with Crippen LogP contribution >= 0.6 is 11.3 Å². The van der Waals surface area contributed by atoms with E-state index in [0.717, 1.165) is 5.56 Å². The van der Waals surface area contributed by atoms with Crippen LogP contribution in [0.4, 0.5) is 4.79 Å². The summed E-state index contributed by atoms with van der Waals surface area (Å²) in [5.41, 5.74) is 3.42. The van der Waals surface area contributed by atoms with Gasteiger partial charge in [0.05, 0.1) is 24.8 Å². The summed E-state index contributed by atoms with van der Waals surface area (Å²) in [6.07, 6.45) is 0. The van der Waals surface area contributed by atoms with Gasteiger partial charge < -0.3 is 15.4 Å². The van der Waals surface area contributed by atoms with E-state index in [9.17, 15) is 9.59 Å². The van der Waals surface area contributed by atoms with Crippen LogP contribution in [-0.4, -0.2) is 31.7 Å². The molecule has 3 N–H and O–H groups in total. The molecule has 3 rings (SSSR count). The highest BCUT2D eigenvalue weighted by Crippen LogP contribution is 2.27. The van der Waals surface area contributed by atoms with Crippen molar-refractivity contribution in [3.63, 3.8) is 0 Å². The number of hydrogen-bond acceptors (Lipinski definition) is 5. The number of esters is 1. The van der Waals surface area contributed by atoms with Gasteiger partial charge in [0, 0.05) is 17.1 Å². The monoisotopic (exact) mass is 413 g/mol. The molecule has 1 aromatic heterocycles. The summed E-state index contributed by atoms with van der Waals surface area (Å²) < 4.78 is 5.13. The van der Waals surface area contributed by atoms with Gasteiger partial charge in [0.1, 0.15) is 0 Å². The van der Waals surface area contributed by atoms with Crippen LogP contribution in [0.2, 0.25) is 0 Å². The molecule has 0 aliphatic carbocycles. The molecule has 1 aliphatic heterocycles. The zero-order chi connectivity index (χ0) is 20.8. The Morgan fingerprint density at radius 2 is 1.93 bits per heavy atom. The number of urea groups is 1. The Labute approximate surface area is 175 Å². The van der Waals surface area contributed by atoms with E-state index in [0.29, 0.717) is 23.7 Å². The normalized spacial score (nSPS) is 15.1. The summed E-state index contributed by atoms with van der Waals surface area (Å²) in [6.45, 7) is 6.90. The molecule has 0 radical (unpaired) electrons. The molecule has 6 nitrogen and oxygen atoms in total. The lowest BCUT2D eigenvalue weighted by Crippen LogP contribution is -2.46. The fourth-order valence-corrected chi connectivity index (χ4v) is 4.04. The van der Waals surface area contributed by atoms with Crippen LogP contribution in [0.15, 0.2) is 53.0 Å². The lowest BCUT2D eigenvalue weighted by molar-refractivity contribution is -0.138. The van der Waals surface area contributed by atoms with Gasteiger partial charge in [0.15, 0.2) is 0 Å². The van der Waals surface area contributed by atoms with Crippen LogP contribution in [0, 0.1) is 0 Å². The van der Waals surface area contributed by atoms with Gasteiger partial charge in [-0.25, -0.2) is 9.59 Å². The Hall–Kier alpha value is -2.64. The van der Waals surface area contributed by atoms with E-state index in [4.69, 9.17) is 4.74 Å². The van der Waals surface area contributed by atoms with Crippen LogP contribution in [0.1, 0.15) is 48.7 Å². The summed E-state index contributed by atoms with van der Waals surface area (Å²) in [4.78, 5) is 25.2. The van der Waals surface area contributed by atoms with Crippen molar-refractivity contribution in [2.24, 2.45) is 0 Å². The molecule has 0 fully saturated rings. The number of carbonyl (C=O) groups excluding carboxylic acids is 2. The average Bonchev–Trinajstić information content (AvgIpc) is 3.23. The van der Waals surface area contributed by atoms with Crippen LogP contribution in [0.25, 0.3) is 0 Å². The number of thiophene rings is 1. The largest absolute Gasteiger partial charge is 0.463 e. The average molecular weight is 414 g/mol. The second kappa shape index (κ2) is 9.71. The van der Waals surface area contributed by atoms with Crippen molar-refractivity contribution in [3.05, 3.63) is 69.1 Å². The minimum absolute atomic E-state index is 0.0426. The summed E-state index contributed by atoms with van der Waals surface area (Å²) in [6, 6.07) is 12.3. The molecule has 1 atom stereocenters. The third kappa shape index (κ3) is 5.25. The fourth-order valence-electron chi connectivity index (χ4n) is 3.21. The quantitative estimate of drug-likeness (QED) is 0.577. The number of nitrogens with one attached hydrogen (secondary N) is 3. The van der Waals surface area contributed by atoms with Gasteiger partial charge in [-0.05, 0) is 35.4 Å². The molecule has 1 aromatic carbocycles. The molecule has 0 saturated heterocycles. The van der Waals surface area contributed by atoms with Crippen molar-refractivity contribution in [1.29, 1.82) is 0 Å². The highest BCUT2D eigenvalue weighted by Gasteiger charge is 2.25. The van der Waals surface area contributed by atoms with Crippen molar-refractivity contribution >= 4 is 23.3 Å². The molecular formula is C22H27N3O3S. The molecule has 0 bridgehead atoms. The lowest BCUT2D eigenvalue weighted by atomic mass is 9.98. The molecule has 0 saturated carbocycles. The Kier molecular flexibility index (Phi) is 7.06. The predicted octanol–water partition coefficient (Wildman–Crippen LogP) is 3.68. The maximum atomic E-state index is 12.3. The zero-order valence-corrected chi connectivity index (χ0v) is 17.8. The number of rotatable bonds is 8. The zero-order valence-electron chi connectivity index (χ0n) is 17.0. The van der Waals surface area contributed by atoms with E-state index >= 15 is 0 Å². The summed E-state index contributed by atoms with van der Waals surface area (Å²) in [5, 5.41) is 10.9. The Bertz CT molecular complexity index is 873. The number of benzene rings is 1. The first-order valence-electron chi connectivity index (χ1n) is 9.80. The fraction of sp³-hybridized carbons (Fsp3) is 0.364.